The van der Waals surface area contributed by atoms with Gasteiger partial charge in [0.25, 0.3) is 5.56 Å². The third-order valence-electron chi connectivity index (χ3n) is 8.81. The second-order valence-corrected chi connectivity index (χ2v) is 11.2. The lowest BCUT2D eigenvalue weighted by molar-refractivity contribution is -0.149. The van der Waals surface area contributed by atoms with Crippen LogP contribution >= 0.6 is 0 Å². The van der Waals surface area contributed by atoms with Gasteiger partial charge in [0.1, 0.15) is 12.2 Å². The van der Waals surface area contributed by atoms with Crippen LogP contribution in [0.2, 0.25) is 0 Å². The average Bonchev–Trinajstić information content (AvgIpc) is 3.22. The Labute approximate surface area is 226 Å². The number of carbonyl (C=O) groups is 2. The summed E-state index contributed by atoms with van der Waals surface area (Å²) in [5.74, 6) is -0.572. The molecule has 39 heavy (non-hydrogen) atoms. The van der Waals surface area contributed by atoms with E-state index in [1.54, 1.807) is 17.6 Å². The third-order valence-corrected chi connectivity index (χ3v) is 8.81. The molecule has 9 nitrogen and oxygen atoms in total. The first-order valence-corrected chi connectivity index (χ1v) is 13.8. The van der Waals surface area contributed by atoms with E-state index in [2.05, 4.69) is 17.1 Å². The molecule has 0 radical (unpaired) electrons. The van der Waals surface area contributed by atoms with Gasteiger partial charge in [-0.2, -0.15) is 0 Å². The number of fused-ring (bicyclic) bond motifs is 5. The summed E-state index contributed by atoms with van der Waals surface area (Å²) < 4.78 is 6.92. The first-order chi connectivity index (χ1) is 18.7. The first-order valence-electron chi connectivity index (χ1n) is 13.8. The van der Waals surface area contributed by atoms with Crippen LogP contribution in [0, 0.1) is 6.92 Å². The number of likely N-dealkylation sites (tertiary alicyclic amines) is 1. The zero-order chi connectivity index (χ0) is 27.5. The highest BCUT2D eigenvalue weighted by molar-refractivity contribution is 6.04. The lowest BCUT2D eigenvalue weighted by atomic mass is 9.85. The van der Waals surface area contributed by atoms with Gasteiger partial charge in [0, 0.05) is 17.0 Å². The van der Waals surface area contributed by atoms with E-state index in [0.29, 0.717) is 47.3 Å². The number of aliphatic hydroxyl groups is 1. The van der Waals surface area contributed by atoms with Crippen LogP contribution in [0.15, 0.2) is 29.1 Å². The number of benzene rings is 1. The summed E-state index contributed by atoms with van der Waals surface area (Å²) >= 11 is 0. The van der Waals surface area contributed by atoms with E-state index in [1.807, 2.05) is 25.1 Å². The van der Waals surface area contributed by atoms with E-state index in [-0.39, 0.29) is 30.9 Å². The number of rotatable bonds is 4. The summed E-state index contributed by atoms with van der Waals surface area (Å²) in [6, 6.07) is 7.87. The summed E-state index contributed by atoms with van der Waals surface area (Å²) in [4.78, 5) is 46.1. The van der Waals surface area contributed by atoms with Crippen molar-refractivity contribution in [3.63, 3.8) is 0 Å². The van der Waals surface area contributed by atoms with Gasteiger partial charge in [0.15, 0.2) is 0 Å². The molecule has 2 aromatic heterocycles. The molecule has 3 aliphatic heterocycles. The van der Waals surface area contributed by atoms with Crippen LogP contribution in [0.4, 0.5) is 5.69 Å². The molecule has 1 amide bonds. The maximum absolute atomic E-state index is 13.6. The van der Waals surface area contributed by atoms with Gasteiger partial charge in [-0.15, -0.1) is 0 Å². The van der Waals surface area contributed by atoms with E-state index in [9.17, 15) is 19.5 Å². The number of piperidine rings is 1. The predicted octanol–water partition coefficient (Wildman–Crippen LogP) is 3.59. The molecule has 3 aromatic rings. The molecule has 0 spiro atoms. The van der Waals surface area contributed by atoms with Crippen molar-refractivity contribution in [2.24, 2.45) is 0 Å². The minimum atomic E-state index is -1.48. The fraction of sp³-hybridized carbons (Fsp3) is 0.467. The van der Waals surface area contributed by atoms with Crippen LogP contribution in [0.5, 0.6) is 0 Å². The molecule has 1 fully saturated rings. The van der Waals surface area contributed by atoms with Crippen molar-refractivity contribution in [1.29, 1.82) is 0 Å². The fourth-order valence-electron chi connectivity index (χ4n) is 6.43. The highest BCUT2D eigenvalue weighted by atomic mass is 16.5. The van der Waals surface area contributed by atoms with E-state index in [4.69, 9.17) is 9.72 Å². The summed E-state index contributed by atoms with van der Waals surface area (Å²) in [5.41, 5.74) is 3.57. The number of anilines is 1. The Morgan fingerprint density at radius 2 is 2.08 bits per heavy atom. The Hall–Kier alpha value is -3.56. The molecule has 1 aromatic carbocycles. The number of amides is 1. The smallest absolute Gasteiger partial charge is 0.309 e. The Balaban J connectivity index is 1.41. The molecule has 2 N–H and O–H groups in total. The Morgan fingerprint density at radius 1 is 1.26 bits per heavy atom. The van der Waals surface area contributed by atoms with Crippen molar-refractivity contribution in [3.05, 3.63) is 56.9 Å². The summed E-state index contributed by atoms with van der Waals surface area (Å²) in [7, 11) is 0. The normalized spacial score (nSPS) is 22.6. The summed E-state index contributed by atoms with van der Waals surface area (Å²) in [5, 5.41) is 15.3. The second kappa shape index (κ2) is 9.57. The lowest BCUT2D eigenvalue weighted by Gasteiger charge is -2.32. The molecular weight excluding hydrogens is 496 g/mol. The number of hydrogen-bond acceptors (Lipinski definition) is 7. The number of nitrogens with zero attached hydrogens (tertiary/aromatic N) is 3. The maximum atomic E-state index is 13.6. The zero-order valence-electron chi connectivity index (χ0n) is 22.7. The van der Waals surface area contributed by atoms with Crippen molar-refractivity contribution in [2.75, 3.05) is 18.4 Å². The van der Waals surface area contributed by atoms with Gasteiger partial charge in [-0.05, 0) is 69.0 Å². The molecule has 0 bridgehead atoms. The van der Waals surface area contributed by atoms with Gasteiger partial charge in [-0.25, -0.2) is 4.98 Å². The van der Waals surface area contributed by atoms with Gasteiger partial charge in [0.05, 0.1) is 47.7 Å². The minimum Gasteiger partial charge on any atom is -0.460 e. The van der Waals surface area contributed by atoms with Crippen LogP contribution < -0.4 is 10.9 Å². The van der Waals surface area contributed by atoms with E-state index in [1.165, 1.54) is 6.42 Å². The van der Waals surface area contributed by atoms with Crippen molar-refractivity contribution in [3.8, 4) is 11.4 Å². The molecule has 2 unspecified atom stereocenters. The molecule has 0 aliphatic carbocycles. The molecular formula is C30H34N4O5. The van der Waals surface area contributed by atoms with Crippen molar-refractivity contribution in [2.45, 2.75) is 77.7 Å². The monoisotopic (exact) mass is 530 g/mol. The summed E-state index contributed by atoms with van der Waals surface area (Å²) in [6.07, 6.45) is 3.50. The number of pyridine rings is 2. The van der Waals surface area contributed by atoms with Crippen LogP contribution in [0.25, 0.3) is 22.3 Å². The third kappa shape index (κ3) is 4.24. The lowest BCUT2D eigenvalue weighted by Crippen LogP contribution is -2.42. The first kappa shape index (κ1) is 25.7. The SMILES string of the molecule is CCC1(O)CC(=O)OCc2c1cc1n(c2=O)Cc2c-1nc1cccc(NC(=O)CN3CCCCC3C)c1c2C. The quantitative estimate of drug-likeness (QED) is 0.388. The molecule has 6 rings (SSSR count). The Bertz CT molecular complexity index is 1580. The van der Waals surface area contributed by atoms with Gasteiger partial charge in [0.2, 0.25) is 5.91 Å². The van der Waals surface area contributed by atoms with E-state index in [0.717, 1.165) is 41.4 Å². The largest absolute Gasteiger partial charge is 0.460 e. The minimum absolute atomic E-state index is 0.0483. The molecule has 9 heteroatoms. The zero-order valence-corrected chi connectivity index (χ0v) is 22.7. The highest BCUT2D eigenvalue weighted by Gasteiger charge is 2.39. The number of nitrogens with one attached hydrogen (secondary N) is 1. The van der Waals surface area contributed by atoms with Gasteiger partial charge < -0.3 is 19.7 Å². The Kier molecular flexibility index (Phi) is 6.31. The fourth-order valence-corrected chi connectivity index (χ4v) is 6.43. The van der Waals surface area contributed by atoms with Crippen molar-refractivity contribution in [1.82, 2.24) is 14.5 Å². The van der Waals surface area contributed by atoms with Crippen molar-refractivity contribution < 1.29 is 19.4 Å². The van der Waals surface area contributed by atoms with E-state index < -0.39 is 11.6 Å². The van der Waals surface area contributed by atoms with Crippen molar-refractivity contribution >= 4 is 28.5 Å². The molecule has 2 atom stereocenters. The Morgan fingerprint density at radius 3 is 2.85 bits per heavy atom. The molecule has 204 valence electrons. The number of cyclic esters (lactones) is 1. The number of ether oxygens (including phenoxy) is 1. The van der Waals surface area contributed by atoms with Crippen LogP contribution in [0.1, 0.15) is 68.2 Å². The van der Waals surface area contributed by atoms with Crippen LogP contribution in [0.3, 0.4) is 0 Å². The standard InChI is InChI=1S/C30H34N4O5/c1-4-30(38)13-26(36)39-16-20-21(30)12-24-28-19(14-34(24)29(20)37)18(3)27-22(9-7-10-23(27)32-28)31-25(35)15-33-11-6-5-8-17(33)2/h7,9-10,12,17,38H,4-6,8,11,13-16H2,1-3H3,(H,31,35). The average molecular weight is 531 g/mol. The van der Waals surface area contributed by atoms with Crippen LogP contribution in [-0.4, -0.2) is 50.6 Å². The molecule has 5 heterocycles. The molecule has 3 aliphatic rings. The second-order valence-electron chi connectivity index (χ2n) is 11.2. The van der Waals surface area contributed by atoms with Gasteiger partial charge in [-0.3, -0.25) is 19.3 Å². The van der Waals surface area contributed by atoms with Gasteiger partial charge in [-0.1, -0.05) is 19.4 Å². The summed E-state index contributed by atoms with van der Waals surface area (Å²) in [6.45, 7) is 7.40. The number of carbonyl (C=O) groups excluding carboxylic acids is 2. The predicted molar refractivity (Wildman–Crippen MR) is 147 cm³/mol. The number of esters is 1. The topological polar surface area (TPSA) is 114 Å². The van der Waals surface area contributed by atoms with Crippen LogP contribution in [-0.2, 0) is 33.1 Å². The molecule has 0 saturated carbocycles. The maximum Gasteiger partial charge on any atom is 0.309 e. The highest BCUT2D eigenvalue weighted by Crippen LogP contribution is 2.41. The van der Waals surface area contributed by atoms with Gasteiger partial charge >= 0.3 is 5.97 Å². The number of aryl methyl sites for hydroxylation is 1. The number of aromatic nitrogens is 2. The number of hydrogen-bond donors (Lipinski definition) is 2. The van der Waals surface area contributed by atoms with E-state index >= 15 is 0 Å². The molecule has 1 saturated heterocycles.